The summed E-state index contributed by atoms with van der Waals surface area (Å²) in [6, 6.07) is 0. The number of aromatic nitrogens is 2. The molecule has 0 saturated carbocycles. The second-order valence-electron chi connectivity index (χ2n) is 2.59. The van der Waals surface area contributed by atoms with Crippen molar-refractivity contribution in [2.75, 3.05) is 0 Å². The van der Waals surface area contributed by atoms with Crippen LogP contribution in [0.25, 0.3) is 0 Å². The number of rotatable bonds is 1. The normalized spacial score (nSPS) is 11.8. The maximum absolute atomic E-state index is 12.3. The lowest BCUT2D eigenvalue weighted by molar-refractivity contribution is -0.676. The molecule has 7 nitrogen and oxygen atoms in total. The first-order valence-corrected chi connectivity index (χ1v) is 6.22. The first kappa shape index (κ1) is 14.9. The molecule has 1 heterocycles. The van der Waals surface area contributed by atoms with Crippen molar-refractivity contribution in [1.29, 1.82) is 0 Å². The summed E-state index contributed by atoms with van der Waals surface area (Å²) in [7, 11) is -8.40. The Balaban J connectivity index is 0.000000385. The van der Waals surface area contributed by atoms with Gasteiger partial charge in [-0.25, -0.2) is 13.0 Å². The lowest BCUT2D eigenvalue weighted by atomic mass is 10.7. The molecule has 0 aliphatic carbocycles. The largest absolute Gasteiger partial charge is 0.722 e. The van der Waals surface area contributed by atoms with Crippen LogP contribution in [0, 0.1) is 6.92 Å². The highest BCUT2D eigenvalue weighted by molar-refractivity contribution is 7.84. The molecular weight excluding hydrogens is 270 g/mol. The molecule has 0 N–H and O–H groups in total. The van der Waals surface area contributed by atoms with Crippen molar-refractivity contribution in [1.82, 2.24) is 3.97 Å². The third-order valence-electron chi connectivity index (χ3n) is 1.49. The van der Waals surface area contributed by atoms with Crippen LogP contribution in [-0.2, 0) is 28.0 Å². The Labute approximate surface area is 91.3 Å². The highest BCUT2D eigenvalue weighted by Crippen LogP contribution is 2.00. The van der Waals surface area contributed by atoms with Crippen molar-refractivity contribution in [2.45, 2.75) is 6.92 Å². The van der Waals surface area contributed by atoms with Gasteiger partial charge in [0.2, 0.25) is 0 Å². The van der Waals surface area contributed by atoms with Crippen molar-refractivity contribution in [3.63, 3.8) is 0 Å². The minimum Gasteiger partial charge on any atom is -0.722 e. The van der Waals surface area contributed by atoms with E-state index >= 15 is 0 Å². The van der Waals surface area contributed by atoms with Crippen LogP contribution in [0.4, 0.5) is 7.77 Å². The molecule has 1 aromatic rings. The van der Waals surface area contributed by atoms with E-state index in [1.165, 1.54) is 17.7 Å². The Hall–Kier alpha value is -1.07. The van der Waals surface area contributed by atoms with Crippen molar-refractivity contribution in [3.05, 3.63) is 18.2 Å². The average Bonchev–Trinajstić information content (AvgIpc) is 2.27. The molecule has 1 rings (SSSR count). The average molecular weight is 278 g/mol. The Kier molecular flexibility index (Phi) is 4.52. The number of imidazole rings is 1. The van der Waals surface area contributed by atoms with E-state index in [4.69, 9.17) is 13.0 Å². The van der Waals surface area contributed by atoms with Gasteiger partial charge in [-0.1, -0.05) is 7.86 Å². The molecule has 0 amide bonds. The molecule has 0 unspecified atom stereocenters. The summed E-state index contributed by atoms with van der Waals surface area (Å²) in [4.78, 5) is 0. The quantitative estimate of drug-likeness (QED) is 0.376. The van der Waals surface area contributed by atoms with Crippen molar-refractivity contribution < 1.29 is 33.7 Å². The van der Waals surface area contributed by atoms with Crippen molar-refractivity contribution >= 4 is 20.9 Å². The fourth-order valence-electron chi connectivity index (χ4n) is 0.762. The standard InChI is InChI=1S/C5H8FN2O2S.FHO3S/c1-5-7(2)3-4-8(5)11(6,9)10;1-5(2,3)4/h3-4H,1-2H3;(H,2,3,4)/q+1;/p-1. The lowest BCUT2D eigenvalue weighted by Gasteiger charge is -1.88. The van der Waals surface area contributed by atoms with E-state index in [9.17, 15) is 16.2 Å². The van der Waals surface area contributed by atoms with E-state index in [2.05, 4.69) is 0 Å². The maximum Gasteiger partial charge on any atom is 0.480 e. The van der Waals surface area contributed by atoms with Gasteiger partial charge < -0.3 is 4.55 Å². The molecule has 1 aromatic heterocycles. The zero-order valence-corrected chi connectivity index (χ0v) is 9.80. The Morgan fingerprint density at radius 2 is 1.69 bits per heavy atom. The molecule has 0 radical (unpaired) electrons. The van der Waals surface area contributed by atoms with Gasteiger partial charge >= 0.3 is 10.4 Å². The predicted octanol–water partition coefficient (Wildman–Crippen LogP) is -0.900. The molecule has 0 aromatic carbocycles. The second-order valence-corrected chi connectivity index (χ2v) is 4.59. The minimum atomic E-state index is -5.42. The van der Waals surface area contributed by atoms with Gasteiger partial charge in [-0.15, -0.1) is 3.89 Å². The van der Waals surface area contributed by atoms with Gasteiger partial charge in [0, 0.05) is 6.92 Å². The number of nitrogens with zero attached hydrogens (tertiary/aromatic N) is 2. The van der Waals surface area contributed by atoms with Gasteiger partial charge in [0.1, 0.15) is 12.4 Å². The Morgan fingerprint density at radius 3 is 1.81 bits per heavy atom. The molecule has 94 valence electrons. The van der Waals surface area contributed by atoms with Gasteiger partial charge in [-0.3, -0.25) is 0 Å². The van der Waals surface area contributed by atoms with Gasteiger partial charge in [0.05, 0.1) is 7.05 Å². The van der Waals surface area contributed by atoms with Gasteiger partial charge in [0.25, 0.3) is 16.3 Å². The maximum atomic E-state index is 12.3. The third kappa shape index (κ3) is 5.72. The van der Waals surface area contributed by atoms with Crippen LogP contribution in [0.3, 0.4) is 0 Å². The summed E-state index contributed by atoms with van der Waals surface area (Å²) < 4.78 is 70.4. The topological polar surface area (TPSA) is 100 Å². The van der Waals surface area contributed by atoms with Crippen LogP contribution in [0.15, 0.2) is 12.4 Å². The fraction of sp³-hybridized carbons (Fsp3) is 0.400. The molecule has 0 spiro atoms. The van der Waals surface area contributed by atoms with E-state index in [0.29, 0.717) is 9.80 Å². The van der Waals surface area contributed by atoms with Gasteiger partial charge in [0.15, 0.2) is 0 Å². The Morgan fingerprint density at radius 1 is 1.31 bits per heavy atom. The Bertz CT molecular complexity index is 554. The SMILES string of the molecule is Cc1n(S(=O)(=O)F)cc[n+]1C.O=S(=O)([O-])F. The minimum absolute atomic E-state index is 0.326. The van der Waals surface area contributed by atoms with E-state index in [0.717, 1.165) is 6.20 Å². The van der Waals surface area contributed by atoms with Crippen LogP contribution in [-0.4, -0.2) is 25.4 Å². The molecule has 0 aliphatic rings. The van der Waals surface area contributed by atoms with Crippen molar-refractivity contribution in [2.24, 2.45) is 7.05 Å². The number of halogens is 2. The fourth-order valence-corrected chi connectivity index (χ4v) is 1.41. The van der Waals surface area contributed by atoms with E-state index in [1.54, 1.807) is 7.05 Å². The molecule has 16 heavy (non-hydrogen) atoms. The molecule has 11 heteroatoms. The number of hydrogen-bond donors (Lipinski definition) is 0. The summed E-state index contributed by atoms with van der Waals surface area (Å²) in [6.07, 6.45) is 2.62. The van der Waals surface area contributed by atoms with Crippen LogP contribution < -0.4 is 4.57 Å². The number of aryl methyl sites for hydroxylation is 1. The van der Waals surface area contributed by atoms with Crippen LogP contribution in [0.5, 0.6) is 0 Å². The molecule has 0 saturated heterocycles. The third-order valence-corrected chi connectivity index (χ3v) is 2.35. The molecule has 0 fully saturated rings. The smallest absolute Gasteiger partial charge is 0.480 e. The molecule has 0 bridgehead atoms. The first-order valence-electron chi connectivity index (χ1n) is 3.57. The molecular formula is C5H8F2N2O5S2. The second kappa shape index (κ2) is 4.84. The molecule has 0 atom stereocenters. The highest BCUT2D eigenvalue weighted by Gasteiger charge is 2.21. The summed E-state index contributed by atoms with van der Waals surface area (Å²) >= 11 is 0. The van der Waals surface area contributed by atoms with Gasteiger partial charge in [-0.2, -0.15) is 8.42 Å². The van der Waals surface area contributed by atoms with Crippen molar-refractivity contribution in [3.8, 4) is 0 Å². The zero-order chi connectivity index (χ0) is 13.1. The summed E-state index contributed by atoms with van der Waals surface area (Å²) in [5.74, 6) is 0.326. The zero-order valence-electron chi connectivity index (χ0n) is 8.16. The van der Waals surface area contributed by atoms with E-state index in [1.807, 2.05) is 0 Å². The van der Waals surface area contributed by atoms with Crippen LogP contribution in [0.2, 0.25) is 0 Å². The van der Waals surface area contributed by atoms with E-state index < -0.39 is 20.9 Å². The molecule has 0 aliphatic heterocycles. The summed E-state index contributed by atoms with van der Waals surface area (Å²) in [5, 5.41) is 0. The first-order chi connectivity index (χ1) is 6.93. The van der Waals surface area contributed by atoms with Gasteiger partial charge in [-0.05, 0) is 0 Å². The predicted molar refractivity (Wildman–Crippen MR) is 46.6 cm³/mol. The number of hydrogen-bond acceptors (Lipinski definition) is 5. The summed E-state index contributed by atoms with van der Waals surface area (Å²) in [6.45, 7) is 1.51. The monoisotopic (exact) mass is 278 g/mol. The van der Waals surface area contributed by atoms with E-state index in [-0.39, 0.29) is 0 Å². The van der Waals surface area contributed by atoms with Crippen LogP contribution in [0.1, 0.15) is 5.82 Å². The lowest BCUT2D eigenvalue weighted by Crippen LogP contribution is -2.30. The van der Waals surface area contributed by atoms with Crippen LogP contribution >= 0.6 is 0 Å². The highest BCUT2D eigenvalue weighted by atomic mass is 32.3. The summed E-state index contributed by atoms with van der Waals surface area (Å²) in [5.41, 5.74) is 0.